The Morgan fingerprint density at radius 2 is 1.28 bits per heavy atom. The molecule has 8 rings (SSSR count). The number of hydrogen-bond acceptors (Lipinski definition) is 12. The van der Waals surface area contributed by atoms with Crippen LogP contribution in [0, 0.1) is 0 Å². The minimum Gasteiger partial charge on any atom is -0.508 e. The van der Waals surface area contributed by atoms with E-state index in [1.165, 1.54) is 57.4 Å². The van der Waals surface area contributed by atoms with Crippen molar-refractivity contribution in [1.29, 1.82) is 0 Å². The Hall–Kier alpha value is -6.71. The van der Waals surface area contributed by atoms with Gasteiger partial charge in [-0.1, -0.05) is 145 Å². The number of aromatic hydroxyl groups is 1. The standard InChI is InChI=1S/C45H38N6O7S2/c1-50-45(47-48-49-50)60-27-33-26-59-42-36(41(54)51(42)37(33)44(56)58-39(31-18-10-4-11-19-31)32-20-12-5-13-21-32)46-40(53)35(28-22-24-34(52)25-23-28)43(55)57-38(29-14-6-2-7-15-29)30-16-8-3-9-17-30/h2-25,35-36,38-39,42,52H,26-27H2,1H3,(H,46,53)/t35?,36-,42+/m1/s1. The molecule has 0 spiro atoms. The number of aryl methyl sites for hydroxylation is 1. The number of nitrogens with zero attached hydrogens (tertiary/aromatic N) is 5. The van der Waals surface area contributed by atoms with E-state index in [1.54, 1.807) is 7.05 Å². The van der Waals surface area contributed by atoms with Crippen LogP contribution in [0.1, 0.15) is 45.9 Å². The largest absolute Gasteiger partial charge is 0.508 e. The number of carbonyl (C=O) groups is 4. The Balaban J connectivity index is 1.07. The Labute approximate surface area is 353 Å². The van der Waals surface area contributed by atoms with E-state index < -0.39 is 53.3 Å². The minimum atomic E-state index is -1.51. The van der Waals surface area contributed by atoms with Crippen LogP contribution in [0.5, 0.6) is 5.75 Å². The molecular weight excluding hydrogens is 801 g/mol. The third kappa shape index (κ3) is 8.53. The van der Waals surface area contributed by atoms with Gasteiger partial charge in [0.05, 0.1) is 0 Å². The maximum Gasteiger partial charge on any atom is 0.356 e. The second-order valence-electron chi connectivity index (χ2n) is 14.0. The van der Waals surface area contributed by atoms with Crippen molar-refractivity contribution >= 4 is 47.3 Å². The number of phenolic OH excluding ortho intramolecular Hbond substituents is 1. The molecule has 15 heteroatoms. The summed E-state index contributed by atoms with van der Waals surface area (Å²) in [5, 5.41) is 24.4. The molecule has 1 unspecified atom stereocenters. The number of carbonyl (C=O) groups excluding carboxylic acids is 4. The first-order chi connectivity index (χ1) is 29.3. The smallest absolute Gasteiger partial charge is 0.356 e. The summed E-state index contributed by atoms with van der Waals surface area (Å²) in [5.41, 5.74) is 3.85. The second-order valence-corrected chi connectivity index (χ2v) is 16.0. The quantitative estimate of drug-likeness (QED) is 0.0561. The van der Waals surface area contributed by atoms with Gasteiger partial charge in [-0.25, -0.2) is 9.48 Å². The molecule has 0 bridgehead atoms. The van der Waals surface area contributed by atoms with E-state index in [4.69, 9.17) is 9.47 Å². The van der Waals surface area contributed by atoms with Crippen LogP contribution in [-0.2, 0) is 35.7 Å². The Morgan fingerprint density at radius 3 is 1.78 bits per heavy atom. The molecule has 13 nitrogen and oxygen atoms in total. The van der Waals surface area contributed by atoms with Crippen LogP contribution in [0.15, 0.2) is 162 Å². The van der Waals surface area contributed by atoms with E-state index in [0.29, 0.717) is 27.6 Å². The summed E-state index contributed by atoms with van der Waals surface area (Å²) in [6.45, 7) is 0. The Kier molecular flexibility index (Phi) is 12.1. The topological polar surface area (TPSA) is 166 Å². The summed E-state index contributed by atoms with van der Waals surface area (Å²) in [5.74, 6) is -3.86. The van der Waals surface area contributed by atoms with Gasteiger partial charge >= 0.3 is 11.9 Å². The number of tetrazole rings is 1. The van der Waals surface area contributed by atoms with Crippen molar-refractivity contribution in [2.45, 2.75) is 34.7 Å². The first-order valence-corrected chi connectivity index (χ1v) is 21.0. The van der Waals surface area contributed by atoms with Crippen molar-refractivity contribution in [3.8, 4) is 5.75 Å². The van der Waals surface area contributed by atoms with Crippen molar-refractivity contribution in [1.82, 2.24) is 30.4 Å². The predicted octanol–water partition coefficient (Wildman–Crippen LogP) is 6.11. The molecule has 6 aromatic rings. The number of rotatable bonds is 14. The molecule has 1 saturated heterocycles. The van der Waals surface area contributed by atoms with Crippen molar-refractivity contribution < 1.29 is 33.8 Å². The molecule has 3 atom stereocenters. The molecule has 5 aromatic carbocycles. The molecule has 302 valence electrons. The van der Waals surface area contributed by atoms with Crippen molar-refractivity contribution in [2.24, 2.45) is 7.05 Å². The lowest BCUT2D eigenvalue weighted by Gasteiger charge is -2.50. The summed E-state index contributed by atoms with van der Waals surface area (Å²) in [6.07, 6.45) is -1.62. The van der Waals surface area contributed by atoms with Gasteiger partial charge in [0.25, 0.3) is 5.91 Å². The number of phenols is 1. The molecule has 2 amide bonds. The van der Waals surface area contributed by atoms with Crippen LogP contribution in [0.25, 0.3) is 0 Å². The summed E-state index contributed by atoms with van der Waals surface area (Å²) in [4.78, 5) is 58.8. The summed E-state index contributed by atoms with van der Waals surface area (Å²) in [6, 6.07) is 41.6. The second kappa shape index (κ2) is 18.1. The maximum absolute atomic E-state index is 14.5. The number of thioether (sulfide) groups is 2. The van der Waals surface area contributed by atoms with E-state index in [-0.39, 0.29) is 22.8 Å². The maximum atomic E-state index is 14.5. The average Bonchev–Trinajstić information content (AvgIpc) is 3.71. The van der Waals surface area contributed by atoms with E-state index >= 15 is 0 Å². The molecule has 1 aromatic heterocycles. The highest BCUT2D eigenvalue weighted by Crippen LogP contribution is 2.43. The third-order valence-electron chi connectivity index (χ3n) is 10.1. The van der Waals surface area contributed by atoms with Gasteiger partial charge < -0.3 is 19.9 Å². The highest BCUT2D eigenvalue weighted by molar-refractivity contribution is 8.01. The predicted molar refractivity (Wildman–Crippen MR) is 224 cm³/mol. The Morgan fingerprint density at radius 1 is 0.767 bits per heavy atom. The van der Waals surface area contributed by atoms with Crippen molar-refractivity contribution in [3.05, 3.63) is 185 Å². The van der Waals surface area contributed by atoms with E-state index in [0.717, 1.165) is 11.1 Å². The number of hydrogen-bond donors (Lipinski definition) is 2. The monoisotopic (exact) mass is 838 g/mol. The minimum absolute atomic E-state index is 0.0569. The summed E-state index contributed by atoms with van der Waals surface area (Å²) >= 11 is 2.69. The van der Waals surface area contributed by atoms with E-state index in [1.807, 2.05) is 121 Å². The fourth-order valence-electron chi connectivity index (χ4n) is 7.09. The Bertz CT molecular complexity index is 2430. The molecule has 0 saturated carbocycles. The number of β-lactam (4-membered cyclic amide) rings is 1. The van der Waals surface area contributed by atoms with Gasteiger partial charge in [0, 0.05) is 18.6 Å². The molecule has 60 heavy (non-hydrogen) atoms. The normalized spacial score (nSPS) is 16.5. The zero-order chi connectivity index (χ0) is 41.6. The van der Waals surface area contributed by atoms with Gasteiger partial charge in [0.15, 0.2) is 18.1 Å². The first kappa shape index (κ1) is 40.1. The van der Waals surface area contributed by atoms with Crippen molar-refractivity contribution in [3.63, 3.8) is 0 Å². The number of esters is 2. The fraction of sp³-hybridized carbons (Fsp3) is 0.178. The van der Waals surface area contributed by atoms with Crippen LogP contribution in [0.4, 0.5) is 0 Å². The number of benzene rings is 5. The number of nitrogens with one attached hydrogen (secondary N) is 1. The van der Waals surface area contributed by atoms with E-state index in [9.17, 15) is 24.3 Å². The molecule has 1 fully saturated rings. The lowest BCUT2D eigenvalue weighted by Crippen LogP contribution is -2.71. The highest BCUT2D eigenvalue weighted by atomic mass is 32.2. The van der Waals surface area contributed by atoms with Gasteiger partial charge in [-0.2, -0.15) is 0 Å². The average molecular weight is 839 g/mol. The molecule has 3 heterocycles. The van der Waals surface area contributed by atoms with Crippen LogP contribution in [-0.4, -0.2) is 76.9 Å². The lowest BCUT2D eigenvalue weighted by molar-refractivity contribution is -0.156. The van der Waals surface area contributed by atoms with Crippen LogP contribution >= 0.6 is 23.5 Å². The van der Waals surface area contributed by atoms with Gasteiger partial charge in [-0.05, 0) is 55.9 Å². The van der Waals surface area contributed by atoms with Gasteiger partial charge in [0.1, 0.15) is 22.9 Å². The first-order valence-electron chi connectivity index (χ1n) is 19.0. The van der Waals surface area contributed by atoms with Crippen molar-refractivity contribution in [2.75, 3.05) is 11.5 Å². The molecule has 0 aliphatic carbocycles. The van der Waals surface area contributed by atoms with Crippen LogP contribution < -0.4 is 5.32 Å². The molecule has 2 aliphatic heterocycles. The third-order valence-corrected chi connectivity index (χ3v) is 12.5. The van der Waals surface area contributed by atoms with Gasteiger partial charge in [0.2, 0.25) is 11.1 Å². The molecule has 2 N–H and O–H groups in total. The zero-order valence-corrected chi connectivity index (χ0v) is 33.7. The van der Waals surface area contributed by atoms with Crippen LogP contribution in [0.2, 0.25) is 0 Å². The van der Waals surface area contributed by atoms with Gasteiger partial charge in [-0.15, -0.1) is 16.9 Å². The van der Waals surface area contributed by atoms with E-state index in [2.05, 4.69) is 20.8 Å². The number of fused-ring (bicyclic) bond motifs is 1. The fourth-order valence-corrected chi connectivity index (χ4v) is 9.43. The number of amides is 2. The SMILES string of the molecule is Cn1nnnc1SCC1=C(C(=O)OC(c2ccccc2)c2ccccc2)N2C(=O)[C@@H](NC(=O)C(C(=O)OC(c3ccccc3)c3ccccc3)c3ccc(O)cc3)[C@@H]2SC1. The lowest BCUT2D eigenvalue weighted by atomic mass is 9.95. The highest BCUT2D eigenvalue weighted by Gasteiger charge is 2.55. The van der Waals surface area contributed by atoms with Gasteiger partial charge in [-0.3, -0.25) is 19.3 Å². The number of aromatic nitrogens is 4. The molecular formula is C45H38N6O7S2. The van der Waals surface area contributed by atoms with Crippen LogP contribution in [0.3, 0.4) is 0 Å². The summed E-state index contributed by atoms with van der Waals surface area (Å²) in [7, 11) is 1.71. The zero-order valence-electron chi connectivity index (χ0n) is 32.1. The molecule has 0 radical (unpaired) electrons. The molecule has 2 aliphatic rings. The summed E-state index contributed by atoms with van der Waals surface area (Å²) < 4.78 is 14.0. The number of ether oxygens (including phenoxy) is 2.